The van der Waals surface area contributed by atoms with E-state index in [2.05, 4.69) is 5.32 Å². The number of aromatic hydroxyl groups is 1. The van der Waals surface area contributed by atoms with Crippen LogP contribution in [0.4, 0.5) is 0 Å². The summed E-state index contributed by atoms with van der Waals surface area (Å²) in [6.07, 6.45) is -0.00237. The lowest BCUT2D eigenvalue weighted by molar-refractivity contribution is -0.137. The monoisotopic (exact) mass is 271 g/mol. The van der Waals surface area contributed by atoms with Crippen LogP contribution in [0.5, 0.6) is 5.75 Å². The fourth-order valence-electron chi connectivity index (χ4n) is 2.03. The van der Waals surface area contributed by atoms with Gasteiger partial charge in [-0.1, -0.05) is 42.5 Å². The van der Waals surface area contributed by atoms with E-state index in [0.717, 1.165) is 11.1 Å². The molecule has 0 heterocycles. The number of phenolic OH excluding ortho intramolecular Hbond substituents is 1. The van der Waals surface area contributed by atoms with Crippen molar-refractivity contribution in [3.8, 4) is 5.75 Å². The van der Waals surface area contributed by atoms with Crippen LogP contribution in [0.2, 0.25) is 0 Å². The Morgan fingerprint density at radius 2 is 1.70 bits per heavy atom. The van der Waals surface area contributed by atoms with Crippen molar-refractivity contribution in [1.29, 1.82) is 0 Å². The molecule has 104 valence electrons. The molecular formula is C16H17NO3. The third-order valence-electron chi connectivity index (χ3n) is 3.07. The van der Waals surface area contributed by atoms with Crippen molar-refractivity contribution < 1.29 is 15.0 Å². The zero-order valence-electron chi connectivity index (χ0n) is 11.0. The summed E-state index contributed by atoms with van der Waals surface area (Å²) >= 11 is 0. The molecule has 4 nitrogen and oxygen atoms in total. The summed E-state index contributed by atoms with van der Waals surface area (Å²) in [6, 6.07) is 16.1. The molecule has 20 heavy (non-hydrogen) atoms. The van der Waals surface area contributed by atoms with Crippen LogP contribution in [0, 0.1) is 0 Å². The van der Waals surface area contributed by atoms with Crippen molar-refractivity contribution in [3.05, 3.63) is 65.7 Å². The largest absolute Gasteiger partial charge is 0.508 e. The minimum atomic E-state index is -0.858. The van der Waals surface area contributed by atoms with Crippen LogP contribution < -0.4 is 5.32 Å². The van der Waals surface area contributed by atoms with Gasteiger partial charge in [0.2, 0.25) is 0 Å². The van der Waals surface area contributed by atoms with E-state index in [-0.39, 0.29) is 18.2 Å². The van der Waals surface area contributed by atoms with Crippen LogP contribution >= 0.6 is 0 Å². The Balaban J connectivity index is 2.07. The summed E-state index contributed by atoms with van der Waals surface area (Å²) in [5.74, 6) is -0.686. The Labute approximate surface area is 117 Å². The number of phenols is 1. The van der Waals surface area contributed by atoms with Gasteiger partial charge in [0.1, 0.15) is 5.75 Å². The van der Waals surface area contributed by atoms with E-state index in [4.69, 9.17) is 5.11 Å². The van der Waals surface area contributed by atoms with E-state index in [1.807, 2.05) is 30.3 Å². The molecule has 0 fully saturated rings. The first-order chi connectivity index (χ1) is 9.65. The van der Waals surface area contributed by atoms with Gasteiger partial charge in [-0.05, 0) is 23.3 Å². The average Bonchev–Trinajstić information content (AvgIpc) is 2.45. The third-order valence-corrected chi connectivity index (χ3v) is 3.07. The van der Waals surface area contributed by atoms with Gasteiger partial charge in [-0.25, -0.2) is 0 Å². The number of aliphatic carboxylic acids is 1. The summed E-state index contributed by atoms with van der Waals surface area (Å²) in [5.41, 5.74) is 1.95. The van der Waals surface area contributed by atoms with Gasteiger partial charge in [-0.3, -0.25) is 4.79 Å². The quantitative estimate of drug-likeness (QED) is 0.755. The summed E-state index contributed by atoms with van der Waals surface area (Å²) in [6.45, 7) is 0.597. The fraction of sp³-hybridized carbons (Fsp3) is 0.188. The molecule has 0 saturated heterocycles. The Bertz CT molecular complexity index is 552. The van der Waals surface area contributed by atoms with Crippen molar-refractivity contribution in [3.63, 3.8) is 0 Å². The fourth-order valence-corrected chi connectivity index (χ4v) is 2.03. The molecule has 2 aromatic carbocycles. The molecule has 0 amide bonds. The molecule has 0 aliphatic heterocycles. The van der Waals surface area contributed by atoms with E-state index in [1.54, 1.807) is 24.3 Å². The van der Waals surface area contributed by atoms with Gasteiger partial charge < -0.3 is 15.5 Å². The Hall–Kier alpha value is -2.33. The van der Waals surface area contributed by atoms with E-state index in [9.17, 15) is 9.90 Å². The molecule has 0 aromatic heterocycles. The highest BCUT2D eigenvalue weighted by atomic mass is 16.4. The molecule has 2 aromatic rings. The molecule has 4 heteroatoms. The van der Waals surface area contributed by atoms with Gasteiger partial charge in [0.05, 0.1) is 6.42 Å². The van der Waals surface area contributed by atoms with E-state index in [0.29, 0.717) is 6.54 Å². The number of carbonyl (C=O) groups is 1. The van der Waals surface area contributed by atoms with Crippen molar-refractivity contribution in [1.82, 2.24) is 5.32 Å². The maximum atomic E-state index is 11.0. The summed E-state index contributed by atoms with van der Waals surface area (Å²) in [5, 5.41) is 21.5. The smallest absolute Gasteiger partial charge is 0.305 e. The highest BCUT2D eigenvalue weighted by Crippen LogP contribution is 2.20. The normalized spacial score (nSPS) is 12.0. The molecule has 0 aliphatic rings. The van der Waals surface area contributed by atoms with E-state index >= 15 is 0 Å². The second-order valence-electron chi connectivity index (χ2n) is 4.61. The van der Waals surface area contributed by atoms with Crippen LogP contribution in [-0.4, -0.2) is 16.2 Å². The lowest BCUT2D eigenvalue weighted by Crippen LogP contribution is -2.23. The van der Waals surface area contributed by atoms with Crippen LogP contribution in [-0.2, 0) is 11.3 Å². The summed E-state index contributed by atoms with van der Waals surface area (Å²) in [7, 11) is 0. The standard InChI is InChI=1S/C16H17NO3/c18-14-8-6-13(7-9-14)15(10-16(19)20)17-11-12-4-2-1-3-5-12/h1-9,15,17-18H,10-11H2,(H,19,20). The minimum absolute atomic E-state index is 0.00237. The number of rotatable bonds is 6. The van der Waals surface area contributed by atoms with E-state index in [1.165, 1.54) is 0 Å². The molecule has 1 atom stereocenters. The highest BCUT2D eigenvalue weighted by molar-refractivity contribution is 5.68. The zero-order valence-corrected chi connectivity index (χ0v) is 11.0. The van der Waals surface area contributed by atoms with Gasteiger partial charge in [-0.2, -0.15) is 0 Å². The molecule has 0 saturated carbocycles. The lowest BCUT2D eigenvalue weighted by atomic mass is 10.0. The maximum Gasteiger partial charge on any atom is 0.305 e. The van der Waals surface area contributed by atoms with Crippen molar-refractivity contribution in [2.75, 3.05) is 0 Å². The van der Waals surface area contributed by atoms with E-state index < -0.39 is 5.97 Å². The number of hydrogen-bond donors (Lipinski definition) is 3. The molecule has 2 rings (SSSR count). The first-order valence-corrected chi connectivity index (χ1v) is 6.43. The van der Waals surface area contributed by atoms with Gasteiger partial charge >= 0.3 is 5.97 Å². The average molecular weight is 271 g/mol. The van der Waals surface area contributed by atoms with Crippen LogP contribution in [0.15, 0.2) is 54.6 Å². The number of benzene rings is 2. The predicted molar refractivity (Wildman–Crippen MR) is 76.4 cm³/mol. The summed E-state index contributed by atoms with van der Waals surface area (Å²) in [4.78, 5) is 11.0. The van der Waals surface area contributed by atoms with Gasteiger partial charge in [0.15, 0.2) is 0 Å². The van der Waals surface area contributed by atoms with Crippen LogP contribution in [0.1, 0.15) is 23.6 Å². The zero-order chi connectivity index (χ0) is 14.4. The number of carboxylic acid groups (broad SMARTS) is 1. The highest BCUT2D eigenvalue weighted by Gasteiger charge is 2.15. The molecule has 0 spiro atoms. The third kappa shape index (κ3) is 4.10. The van der Waals surface area contributed by atoms with Crippen LogP contribution in [0.25, 0.3) is 0 Å². The van der Waals surface area contributed by atoms with Gasteiger partial charge in [0.25, 0.3) is 0 Å². The van der Waals surface area contributed by atoms with Crippen molar-refractivity contribution >= 4 is 5.97 Å². The maximum absolute atomic E-state index is 11.0. The number of nitrogens with one attached hydrogen (secondary N) is 1. The Morgan fingerprint density at radius 3 is 2.30 bits per heavy atom. The predicted octanol–water partition coefficient (Wildman–Crippen LogP) is 2.70. The second-order valence-corrected chi connectivity index (χ2v) is 4.61. The Morgan fingerprint density at radius 1 is 1.05 bits per heavy atom. The SMILES string of the molecule is O=C(O)CC(NCc1ccccc1)c1ccc(O)cc1. The molecule has 3 N–H and O–H groups in total. The van der Waals surface area contributed by atoms with Gasteiger partial charge in [0, 0.05) is 12.6 Å². The van der Waals surface area contributed by atoms with Gasteiger partial charge in [-0.15, -0.1) is 0 Å². The first-order valence-electron chi connectivity index (χ1n) is 6.43. The van der Waals surface area contributed by atoms with Crippen molar-refractivity contribution in [2.45, 2.75) is 19.0 Å². The molecule has 0 radical (unpaired) electrons. The summed E-state index contributed by atoms with van der Waals surface area (Å²) < 4.78 is 0. The Kier molecular flexibility index (Phi) is 4.74. The minimum Gasteiger partial charge on any atom is -0.508 e. The second kappa shape index (κ2) is 6.73. The number of carboxylic acids is 1. The first kappa shape index (κ1) is 14.1. The molecule has 0 aliphatic carbocycles. The molecule has 0 bridgehead atoms. The topological polar surface area (TPSA) is 69.6 Å². The number of hydrogen-bond acceptors (Lipinski definition) is 3. The van der Waals surface area contributed by atoms with Crippen molar-refractivity contribution in [2.24, 2.45) is 0 Å². The molecular weight excluding hydrogens is 254 g/mol. The van der Waals surface area contributed by atoms with Crippen LogP contribution in [0.3, 0.4) is 0 Å². The lowest BCUT2D eigenvalue weighted by Gasteiger charge is -2.17. The molecule has 1 unspecified atom stereocenters.